The third kappa shape index (κ3) is 3.51. The smallest absolute Gasteiger partial charge is 0.337 e. The van der Waals surface area contributed by atoms with Crippen LogP contribution >= 0.6 is 0 Å². The van der Waals surface area contributed by atoms with Crippen LogP contribution in [0.5, 0.6) is 0 Å². The number of aromatic nitrogens is 2. The summed E-state index contributed by atoms with van der Waals surface area (Å²) in [4.78, 5) is 20.8. The highest BCUT2D eigenvalue weighted by molar-refractivity contribution is 5.87. The third-order valence-corrected chi connectivity index (χ3v) is 2.87. The van der Waals surface area contributed by atoms with Crippen LogP contribution in [-0.2, 0) is 6.42 Å². The molecule has 19 heavy (non-hydrogen) atoms. The van der Waals surface area contributed by atoms with Gasteiger partial charge in [0.1, 0.15) is 5.82 Å². The second-order valence-corrected chi connectivity index (χ2v) is 4.24. The van der Waals surface area contributed by atoms with E-state index in [1.54, 1.807) is 24.5 Å². The number of carboxylic acid groups (broad SMARTS) is 1. The van der Waals surface area contributed by atoms with E-state index in [9.17, 15) is 4.79 Å². The Hall–Kier alpha value is -2.43. The van der Waals surface area contributed by atoms with Crippen molar-refractivity contribution in [2.45, 2.75) is 6.42 Å². The number of rotatable bonds is 5. The summed E-state index contributed by atoms with van der Waals surface area (Å²) in [7, 11) is 1.93. The minimum Gasteiger partial charge on any atom is -0.478 e. The SMILES string of the molecule is CN(CCc1ccncc1)c1ccc(C(=O)O)cn1. The lowest BCUT2D eigenvalue weighted by atomic mass is 10.2. The van der Waals surface area contributed by atoms with Crippen molar-refractivity contribution >= 4 is 11.8 Å². The highest BCUT2D eigenvalue weighted by Gasteiger charge is 2.06. The first-order valence-electron chi connectivity index (χ1n) is 5.96. The van der Waals surface area contributed by atoms with E-state index in [1.807, 2.05) is 24.1 Å². The van der Waals surface area contributed by atoms with Gasteiger partial charge in [0.25, 0.3) is 0 Å². The van der Waals surface area contributed by atoms with E-state index in [1.165, 1.54) is 11.8 Å². The summed E-state index contributed by atoms with van der Waals surface area (Å²) in [6, 6.07) is 7.24. The molecule has 2 aromatic rings. The Labute approximate surface area is 111 Å². The van der Waals surface area contributed by atoms with Crippen LogP contribution in [0.1, 0.15) is 15.9 Å². The molecule has 0 amide bonds. The minimum absolute atomic E-state index is 0.200. The molecule has 98 valence electrons. The Morgan fingerprint density at radius 2 is 2.00 bits per heavy atom. The second kappa shape index (κ2) is 5.95. The van der Waals surface area contributed by atoms with Crippen LogP contribution in [0.3, 0.4) is 0 Å². The molecule has 0 radical (unpaired) electrons. The quantitative estimate of drug-likeness (QED) is 0.885. The Kier molecular flexibility index (Phi) is 4.07. The molecule has 0 aliphatic carbocycles. The Bertz CT molecular complexity index is 540. The van der Waals surface area contributed by atoms with E-state index in [-0.39, 0.29) is 5.56 Å². The summed E-state index contributed by atoms with van der Waals surface area (Å²) < 4.78 is 0. The molecule has 0 aromatic carbocycles. The number of hydrogen-bond donors (Lipinski definition) is 1. The van der Waals surface area contributed by atoms with Gasteiger partial charge >= 0.3 is 5.97 Å². The highest BCUT2D eigenvalue weighted by Crippen LogP contribution is 2.10. The monoisotopic (exact) mass is 257 g/mol. The maximum Gasteiger partial charge on any atom is 0.337 e. The Balaban J connectivity index is 1.96. The fourth-order valence-corrected chi connectivity index (χ4v) is 1.70. The van der Waals surface area contributed by atoms with Gasteiger partial charge in [-0.2, -0.15) is 0 Å². The van der Waals surface area contributed by atoms with Crippen LogP contribution in [-0.4, -0.2) is 34.6 Å². The van der Waals surface area contributed by atoms with Gasteiger partial charge < -0.3 is 10.0 Å². The van der Waals surface area contributed by atoms with Gasteiger partial charge in [0.15, 0.2) is 0 Å². The van der Waals surface area contributed by atoms with Crippen LogP contribution in [0.2, 0.25) is 0 Å². The summed E-state index contributed by atoms with van der Waals surface area (Å²) in [5, 5.41) is 8.81. The Morgan fingerprint density at radius 3 is 2.58 bits per heavy atom. The maximum absolute atomic E-state index is 10.7. The number of nitrogens with zero attached hydrogens (tertiary/aromatic N) is 3. The summed E-state index contributed by atoms with van der Waals surface area (Å²) in [5.74, 6) is -0.197. The average molecular weight is 257 g/mol. The summed E-state index contributed by atoms with van der Waals surface area (Å²) >= 11 is 0. The maximum atomic E-state index is 10.7. The van der Waals surface area contributed by atoms with E-state index in [4.69, 9.17) is 5.11 Å². The van der Waals surface area contributed by atoms with Crippen molar-refractivity contribution in [3.8, 4) is 0 Å². The third-order valence-electron chi connectivity index (χ3n) is 2.87. The zero-order valence-corrected chi connectivity index (χ0v) is 10.7. The average Bonchev–Trinajstić information content (AvgIpc) is 2.46. The van der Waals surface area contributed by atoms with Crippen molar-refractivity contribution in [1.29, 1.82) is 0 Å². The number of pyridine rings is 2. The number of anilines is 1. The molecule has 5 nitrogen and oxygen atoms in total. The molecule has 0 saturated carbocycles. The highest BCUT2D eigenvalue weighted by atomic mass is 16.4. The first-order chi connectivity index (χ1) is 9.16. The van der Waals surface area contributed by atoms with Crippen LogP contribution in [0.25, 0.3) is 0 Å². The molecule has 2 aromatic heterocycles. The predicted molar refractivity (Wildman–Crippen MR) is 72.4 cm³/mol. The summed E-state index contributed by atoms with van der Waals surface area (Å²) in [5.41, 5.74) is 1.41. The van der Waals surface area contributed by atoms with Crippen molar-refractivity contribution in [1.82, 2.24) is 9.97 Å². The predicted octanol–water partition coefficient (Wildman–Crippen LogP) is 1.85. The molecule has 2 heterocycles. The van der Waals surface area contributed by atoms with Crippen molar-refractivity contribution in [3.63, 3.8) is 0 Å². The van der Waals surface area contributed by atoms with Gasteiger partial charge in [0.05, 0.1) is 5.56 Å². The molecule has 0 aliphatic rings. The van der Waals surface area contributed by atoms with Gasteiger partial charge in [-0.1, -0.05) is 0 Å². The number of hydrogen-bond acceptors (Lipinski definition) is 4. The fraction of sp³-hybridized carbons (Fsp3) is 0.214. The normalized spacial score (nSPS) is 10.2. The number of carbonyl (C=O) groups is 1. The van der Waals surface area contributed by atoms with Gasteiger partial charge in [0, 0.05) is 32.2 Å². The molecule has 0 saturated heterocycles. The van der Waals surface area contributed by atoms with Crippen molar-refractivity contribution in [2.75, 3.05) is 18.5 Å². The van der Waals surface area contributed by atoms with E-state index in [0.717, 1.165) is 18.8 Å². The first kappa shape index (κ1) is 13.0. The number of likely N-dealkylation sites (N-methyl/N-ethyl adjacent to an activating group) is 1. The van der Waals surface area contributed by atoms with Crippen molar-refractivity contribution in [3.05, 3.63) is 54.0 Å². The van der Waals surface area contributed by atoms with Gasteiger partial charge in [0.2, 0.25) is 0 Å². The number of aromatic carboxylic acids is 1. The fourth-order valence-electron chi connectivity index (χ4n) is 1.70. The largest absolute Gasteiger partial charge is 0.478 e. The van der Waals surface area contributed by atoms with Gasteiger partial charge in [-0.3, -0.25) is 4.98 Å². The Morgan fingerprint density at radius 1 is 1.26 bits per heavy atom. The zero-order chi connectivity index (χ0) is 13.7. The zero-order valence-electron chi connectivity index (χ0n) is 10.7. The van der Waals surface area contributed by atoms with Gasteiger partial charge in [-0.05, 0) is 36.2 Å². The van der Waals surface area contributed by atoms with Crippen molar-refractivity contribution in [2.24, 2.45) is 0 Å². The van der Waals surface area contributed by atoms with Crippen LogP contribution in [0, 0.1) is 0 Å². The molecule has 0 atom stereocenters. The molecule has 5 heteroatoms. The minimum atomic E-state index is -0.960. The van der Waals surface area contributed by atoms with Crippen molar-refractivity contribution < 1.29 is 9.90 Å². The van der Waals surface area contributed by atoms with Crippen LogP contribution in [0.15, 0.2) is 42.9 Å². The molecular formula is C14H15N3O2. The molecule has 0 aliphatic heterocycles. The molecule has 0 bridgehead atoms. The standard InChI is InChI=1S/C14H15N3O2/c1-17(9-6-11-4-7-15-8-5-11)13-3-2-12(10-16-13)14(18)19/h2-5,7-8,10H,6,9H2,1H3,(H,18,19). The number of carboxylic acids is 1. The topological polar surface area (TPSA) is 66.3 Å². The summed E-state index contributed by atoms with van der Waals surface area (Å²) in [6.07, 6.45) is 5.81. The van der Waals surface area contributed by atoms with E-state index < -0.39 is 5.97 Å². The molecule has 1 N–H and O–H groups in total. The van der Waals surface area contributed by atoms with Gasteiger partial charge in [-0.25, -0.2) is 9.78 Å². The van der Waals surface area contributed by atoms with Crippen LogP contribution < -0.4 is 4.90 Å². The van der Waals surface area contributed by atoms with Gasteiger partial charge in [-0.15, -0.1) is 0 Å². The van der Waals surface area contributed by atoms with E-state index in [0.29, 0.717) is 0 Å². The molecule has 0 unspecified atom stereocenters. The lowest BCUT2D eigenvalue weighted by Crippen LogP contribution is -2.21. The van der Waals surface area contributed by atoms with E-state index >= 15 is 0 Å². The second-order valence-electron chi connectivity index (χ2n) is 4.24. The lowest BCUT2D eigenvalue weighted by molar-refractivity contribution is 0.0696. The lowest BCUT2D eigenvalue weighted by Gasteiger charge is -2.18. The molecular weight excluding hydrogens is 242 g/mol. The van der Waals surface area contributed by atoms with E-state index in [2.05, 4.69) is 9.97 Å². The molecule has 0 fully saturated rings. The molecule has 0 spiro atoms. The molecule has 2 rings (SSSR count). The van der Waals surface area contributed by atoms with Crippen LogP contribution in [0.4, 0.5) is 5.82 Å². The first-order valence-corrected chi connectivity index (χ1v) is 5.96. The summed E-state index contributed by atoms with van der Waals surface area (Å²) in [6.45, 7) is 0.809.